The molecule has 0 radical (unpaired) electrons. The molecule has 0 bridgehead atoms. The molecule has 5 nitrogen and oxygen atoms in total. The van der Waals surface area contributed by atoms with Gasteiger partial charge in [-0.1, -0.05) is 19.1 Å². The molecule has 124 valence electrons. The average Bonchev–Trinajstić information content (AvgIpc) is 3.33. The maximum absolute atomic E-state index is 12.3. The minimum atomic E-state index is -0.229. The van der Waals surface area contributed by atoms with Crippen LogP contribution in [-0.2, 0) is 4.79 Å². The molecule has 2 aromatic rings. The van der Waals surface area contributed by atoms with E-state index < -0.39 is 0 Å². The van der Waals surface area contributed by atoms with Gasteiger partial charge >= 0.3 is 0 Å². The zero-order valence-corrected chi connectivity index (χ0v) is 13.7. The van der Waals surface area contributed by atoms with Gasteiger partial charge in [-0.3, -0.25) is 9.59 Å². The van der Waals surface area contributed by atoms with Crippen molar-refractivity contribution in [3.63, 3.8) is 0 Å². The second kappa shape index (κ2) is 6.74. The largest absolute Gasteiger partial charge is 0.495 e. The number of rotatable bonds is 5. The Labute approximate surface area is 141 Å². The van der Waals surface area contributed by atoms with Crippen LogP contribution in [0, 0.1) is 11.8 Å². The highest BCUT2D eigenvalue weighted by Gasteiger charge is 2.39. The van der Waals surface area contributed by atoms with E-state index in [9.17, 15) is 9.59 Å². The molecular weight excluding hydrogens is 304 g/mol. The van der Waals surface area contributed by atoms with Gasteiger partial charge in [0.15, 0.2) is 0 Å². The molecule has 2 aromatic carbocycles. The molecule has 3 rings (SSSR count). The predicted octanol–water partition coefficient (Wildman–Crippen LogP) is 3.54. The van der Waals surface area contributed by atoms with Crippen molar-refractivity contribution in [3.8, 4) is 5.75 Å². The van der Waals surface area contributed by atoms with E-state index in [1.54, 1.807) is 43.5 Å². The third kappa shape index (κ3) is 3.56. The summed E-state index contributed by atoms with van der Waals surface area (Å²) in [6, 6.07) is 14.1. The molecule has 1 fully saturated rings. The van der Waals surface area contributed by atoms with E-state index >= 15 is 0 Å². The Kier molecular flexibility index (Phi) is 4.51. The molecule has 1 saturated carbocycles. The summed E-state index contributed by atoms with van der Waals surface area (Å²) in [6.07, 6.45) is 0.950. The summed E-state index contributed by atoms with van der Waals surface area (Å²) in [7, 11) is 1.56. The van der Waals surface area contributed by atoms with Gasteiger partial charge in [0.25, 0.3) is 5.91 Å². The molecule has 2 amide bonds. The summed E-state index contributed by atoms with van der Waals surface area (Å²) in [5.41, 5.74) is 1.83. The maximum atomic E-state index is 12.3. The predicted molar refractivity (Wildman–Crippen MR) is 93.3 cm³/mol. The minimum Gasteiger partial charge on any atom is -0.495 e. The van der Waals surface area contributed by atoms with Crippen molar-refractivity contribution in [2.75, 3.05) is 17.7 Å². The second-order valence-electron chi connectivity index (χ2n) is 6.04. The zero-order valence-electron chi connectivity index (χ0n) is 13.7. The quantitative estimate of drug-likeness (QED) is 0.884. The van der Waals surface area contributed by atoms with Crippen LogP contribution in [0.15, 0.2) is 48.5 Å². The standard InChI is InChI=1S/C19H20N2O3/c1-12-11-15(12)19(23)20-14-9-7-13(8-10-14)18(22)21-16-5-3-4-6-17(16)24-2/h3-10,12,15H,11H2,1-2H3,(H,20,23)(H,21,22)/t12-,15+/m1/s1. The number of para-hydroxylation sites is 2. The Balaban J connectivity index is 1.64. The number of methoxy groups -OCH3 is 1. The van der Waals surface area contributed by atoms with Gasteiger partial charge in [0.05, 0.1) is 12.8 Å². The van der Waals surface area contributed by atoms with E-state index in [2.05, 4.69) is 17.6 Å². The minimum absolute atomic E-state index is 0.0497. The van der Waals surface area contributed by atoms with E-state index in [1.807, 2.05) is 12.1 Å². The molecule has 1 aliphatic carbocycles. The van der Waals surface area contributed by atoms with Crippen molar-refractivity contribution in [2.24, 2.45) is 11.8 Å². The summed E-state index contributed by atoms with van der Waals surface area (Å²) >= 11 is 0. The Morgan fingerprint density at radius 2 is 1.71 bits per heavy atom. The third-order valence-corrected chi connectivity index (χ3v) is 4.22. The Hall–Kier alpha value is -2.82. The Bertz CT molecular complexity index is 755. The number of amides is 2. The lowest BCUT2D eigenvalue weighted by atomic mass is 10.1. The first-order chi connectivity index (χ1) is 11.6. The lowest BCUT2D eigenvalue weighted by Crippen LogP contribution is -2.15. The number of nitrogens with one attached hydrogen (secondary N) is 2. The number of carbonyl (C=O) groups is 2. The molecule has 2 atom stereocenters. The summed E-state index contributed by atoms with van der Waals surface area (Å²) in [5.74, 6) is 1.02. The maximum Gasteiger partial charge on any atom is 0.255 e. The summed E-state index contributed by atoms with van der Waals surface area (Å²) in [5, 5.41) is 5.70. The van der Waals surface area contributed by atoms with Crippen molar-refractivity contribution >= 4 is 23.2 Å². The van der Waals surface area contributed by atoms with E-state index in [4.69, 9.17) is 4.74 Å². The molecule has 5 heteroatoms. The third-order valence-electron chi connectivity index (χ3n) is 4.22. The summed E-state index contributed by atoms with van der Waals surface area (Å²) in [4.78, 5) is 24.2. The molecule has 2 N–H and O–H groups in total. The molecule has 0 unspecified atom stereocenters. The zero-order chi connectivity index (χ0) is 17.1. The van der Waals surface area contributed by atoms with Crippen LogP contribution in [0.1, 0.15) is 23.7 Å². The molecule has 0 aliphatic heterocycles. The van der Waals surface area contributed by atoms with Gasteiger partial charge in [0.2, 0.25) is 5.91 Å². The van der Waals surface area contributed by atoms with Crippen molar-refractivity contribution in [1.82, 2.24) is 0 Å². The first kappa shape index (κ1) is 16.1. The second-order valence-corrected chi connectivity index (χ2v) is 6.04. The van der Waals surface area contributed by atoms with Crippen molar-refractivity contribution in [3.05, 3.63) is 54.1 Å². The van der Waals surface area contributed by atoms with Gasteiger partial charge in [-0.2, -0.15) is 0 Å². The molecule has 0 spiro atoms. The van der Waals surface area contributed by atoms with Gasteiger partial charge in [-0.25, -0.2) is 0 Å². The highest BCUT2D eigenvalue weighted by atomic mass is 16.5. The molecule has 24 heavy (non-hydrogen) atoms. The van der Waals surface area contributed by atoms with Crippen molar-refractivity contribution in [1.29, 1.82) is 0 Å². The smallest absolute Gasteiger partial charge is 0.255 e. The highest BCUT2D eigenvalue weighted by molar-refractivity contribution is 6.05. The monoisotopic (exact) mass is 324 g/mol. The fourth-order valence-electron chi connectivity index (χ4n) is 2.57. The summed E-state index contributed by atoms with van der Waals surface area (Å²) < 4.78 is 5.22. The van der Waals surface area contributed by atoms with E-state index in [-0.39, 0.29) is 17.7 Å². The van der Waals surface area contributed by atoms with Gasteiger partial charge in [0.1, 0.15) is 5.75 Å². The lowest BCUT2D eigenvalue weighted by Gasteiger charge is -2.10. The van der Waals surface area contributed by atoms with E-state index in [0.29, 0.717) is 28.6 Å². The number of anilines is 2. The molecular formula is C19H20N2O3. The SMILES string of the molecule is COc1ccccc1NC(=O)c1ccc(NC(=O)[C@H]2C[C@H]2C)cc1. The molecule has 0 heterocycles. The fourth-order valence-corrected chi connectivity index (χ4v) is 2.57. The van der Waals surface area contributed by atoms with Crippen LogP contribution in [0.5, 0.6) is 5.75 Å². The van der Waals surface area contributed by atoms with Crippen LogP contribution >= 0.6 is 0 Å². The van der Waals surface area contributed by atoms with Crippen LogP contribution in [0.3, 0.4) is 0 Å². The van der Waals surface area contributed by atoms with Crippen LogP contribution in [0.4, 0.5) is 11.4 Å². The fraction of sp³-hybridized carbons (Fsp3) is 0.263. The number of hydrogen-bond donors (Lipinski definition) is 2. The molecule has 1 aliphatic rings. The van der Waals surface area contributed by atoms with Crippen molar-refractivity contribution < 1.29 is 14.3 Å². The van der Waals surface area contributed by atoms with Gasteiger partial charge in [-0.15, -0.1) is 0 Å². The Morgan fingerprint density at radius 1 is 1.04 bits per heavy atom. The molecule has 0 aromatic heterocycles. The van der Waals surface area contributed by atoms with Gasteiger partial charge < -0.3 is 15.4 Å². The number of hydrogen-bond acceptors (Lipinski definition) is 3. The van der Waals surface area contributed by atoms with Gasteiger partial charge in [0, 0.05) is 17.2 Å². The lowest BCUT2D eigenvalue weighted by molar-refractivity contribution is -0.117. The van der Waals surface area contributed by atoms with E-state index in [0.717, 1.165) is 6.42 Å². The highest BCUT2D eigenvalue weighted by Crippen LogP contribution is 2.38. The summed E-state index contributed by atoms with van der Waals surface area (Å²) in [6.45, 7) is 2.07. The van der Waals surface area contributed by atoms with Crippen LogP contribution in [-0.4, -0.2) is 18.9 Å². The van der Waals surface area contributed by atoms with E-state index in [1.165, 1.54) is 0 Å². The van der Waals surface area contributed by atoms with Crippen LogP contribution in [0.25, 0.3) is 0 Å². The van der Waals surface area contributed by atoms with Crippen LogP contribution in [0.2, 0.25) is 0 Å². The molecule has 0 saturated heterocycles. The first-order valence-corrected chi connectivity index (χ1v) is 7.94. The Morgan fingerprint density at radius 3 is 2.33 bits per heavy atom. The first-order valence-electron chi connectivity index (χ1n) is 7.94. The number of benzene rings is 2. The topological polar surface area (TPSA) is 67.4 Å². The average molecular weight is 324 g/mol. The number of ether oxygens (including phenoxy) is 1. The normalized spacial score (nSPS) is 18.6. The van der Waals surface area contributed by atoms with Crippen LogP contribution < -0.4 is 15.4 Å². The van der Waals surface area contributed by atoms with Crippen molar-refractivity contribution in [2.45, 2.75) is 13.3 Å². The number of carbonyl (C=O) groups excluding carboxylic acids is 2. The van der Waals surface area contributed by atoms with Gasteiger partial charge in [-0.05, 0) is 48.7 Å².